The molecule has 2 heteroatoms. The van der Waals surface area contributed by atoms with E-state index in [1.807, 2.05) is 0 Å². The molecule has 10 rings (SSSR count). The Hall–Kier alpha value is -5.86. The zero-order valence-electron chi connectivity index (χ0n) is 23.9. The van der Waals surface area contributed by atoms with Gasteiger partial charge in [0.05, 0.1) is 27.8 Å². The molecule has 0 bridgehead atoms. The molecule has 0 atom stereocenters. The second-order valence-corrected chi connectivity index (χ2v) is 11.8. The van der Waals surface area contributed by atoms with Crippen LogP contribution in [-0.4, -0.2) is 9.13 Å². The normalized spacial score (nSPS) is 12.1. The van der Waals surface area contributed by atoms with E-state index in [0.717, 1.165) is 0 Å². The van der Waals surface area contributed by atoms with Crippen LogP contribution in [0.4, 0.5) is 0 Å². The van der Waals surface area contributed by atoms with Crippen LogP contribution in [0.1, 0.15) is 0 Å². The first-order valence-electron chi connectivity index (χ1n) is 15.2. The molecule has 0 aliphatic rings. The highest BCUT2D eigenvalue weighted by Gasteiger charge is 2.21. The summed E-state index contributed by atoms with van der Waals surface area (Å²) in [4.78, 5) is 0. The first kappa shape index (κ1) is 23.7. The van der Waals surface area contributed by atoms with Gasteiger partial charge in [-0.1, -0.05) is 121 Å². The van der Waals surface area contributed by atoms with E-state index in [2.05, 4.69) is 167 Å². The lowest BCUT2D eigenvalue weighted by Crippen LogP contribution is -1.96. The lowest BCUT2D eigenvalue weighted by molar-refractivity contribution is 1.19. The number of benzene rings is 8. The molecule has 0 saturated heterocycles. The fourth-order valence-electron chi connectivity index (χ4n) is 7.57. The summed E-state index contributed by atoms with van der Waals surface area (Å²) in [5.41, 5.74) is 7.27. The van der Waals surface area contributed by atoms with Gasteiger partial charge in [0.2, 0.25) is 0 Å². The summed E-state index contributed by atoms with van der Waals surface area (Å²) < 4.78 is 4.95. The predicted molar refractivity (Wildman–Crippen MR) is 188 cm³/mol. The Morgan fingerprint density at radius 1 is 0.318 bits per heavy atom. The van der Waals surface area contributed by atoms with Crippen LogP contribution < -0.4 is 0 Å². The van der Waals surface area contributed by atoms with Crippen LogP contribution in [0.2, 0.25) is 0 Å². The molecule has 0 saturated carbocycles. The minimum absolute atomic E-state index is 1.18. The van der Waals surface area contributed by atoms with Crippen LogP contribution in [0, 0.1) is 0 Å². The quantitative estimate of drug-likeness (QED) is 0.187. The number of para-hydroxylation sites is 2. The molecule has 0 amide bonds. The Balaban J connectivity index is 1.40. The fourth-order valence-corrected chi connectivity index (χ4v) is 7.57. The van der Waals surface area contributed by atoms with Crippen molar-refractivity contribution in [2.45, 2.75) is 0 Å². The zero-order chi connectivity index (χ0) is 28.8. The summed E-state index contributed by atoms with van der Waals surface area (Å²) in [6, 6.07) is 57.8. The van der Waals surface area contributed by atoms with Crippen LogP contribution >= 0.6 is 0 Å². The molecule has 2 heterocycles. The van der Waals surface area contributed by atoms with Crippen molar-refractivity contribution in [1.82, 2.24) is 9.13 Å². The van der Waals surface area contributed by atoms with Gasteiger partial charge in [-0.2, -0.15) is 0 Å². The van der Waals surface area contributed by atoms with Crippen molar-refractivity contribution in [1.29, 1.82) is 0 Å². The lowest BCUT2D eigenvalue weighted by Gasteiger charge is -2.13. The van der Waals surface area contributed by atoms with Crippen LogP contribution in [0.5, 0.6) is 0 Å². The Morgan fingerprint density at radius 2 is 0.909 bits per heavy atom. The number of hydrogen-bond donors (Lipinski definition) is 0. The Kier molecular flexibility index (Phi) is 4.75. The van der Waals surface area contributed by atoms with Crippen molar-refractivity contribution in [2.75, 3.05) is 0 Å². The maximum atomic E-state index is 2.49. The van der Waals surface area contributed by atoms with Gasteiger partial charge in [-0.15, -0.1) is 0 Å². The highest BCUT2D eigenvalue weighted by molar-refractivity contribution is 6.26. The number of nitrogens with zero attached hydrogens (tertiary/aromatic N) is 2. The first-order chi connectivity index (χ1) is 21.8. The van der Waals surface area contributed by atoms with E-state index in [0.29, 0.717) is 0 Å². The fraction of sp³-hybridized carbons (Fsp3) is 0. The Labute approximate surface area is 253 Å². The summed E-state index contributed by atoms with van der Waals surface area (Å²) in [7, 11) is 0. The van der Waals surface area contributed by atoms with Crippen molar-refractivity contribution in [2.24, 2.45) is 0 Å². The van der Waals surface area contributed by atoms with Gasteiger partial charge < -0.3 is 9.13 Å². The Bertz CT molecular complexity index is 2770. The molecule has 10 aromatic rings. The van der Waals surface area contributed by atoms with Gasteiger partial charge in [0.25, 0.3) is 0 Å². The first-order valence-corrected chi connectivity index (χ1v) is 15.2. The second kappa shape index (κ2) is 8.82. The van der Waals surface area contributed by atoms with Gasteiger partial charge in [0.1, 0.15) is 0 Å². The van der Waals surface area contributed by atoms with Crippen molar-refractivity contribution in [3.05, 3.63) is 158 Å². The average molecular weight is 559 g/mol. The summed E-state index contributed by atoms with van der Waals surface area (Å²) in [6.45, 7) is 0. The molecule has 0 aliphatic carbocycles. The van der Waals surface area contributed by atoms with Gasteiger partial charge in [0, 0.05) is 32.6 Å². The van der Waals surface area contributed by atoms with Crippen LogP contribution in [0.3, 0.4) is 0 Å². The van der Waals surface area contributed by atoms with Gasteiger partial charge in [-0.3, -0.25) is 0 Å². The summed E-state index contributed by atoms with van der Waals surface area (Å²) in [6.07, 6.45) is 0. The molecule has 0 radical (unpaired) electrons. The van der Waals surface area contributed by atoms with Gasteiger partial charge in [0.15, 0.2) is 0 Å². The van der Waals surface area contributed by atoms with E-state index in [1.165, 1.54) is 87.3 Å². The number of aromatic nitrogens is 2. The molecule has 0 fully saturated rings. The molecule has 2 nitrogen and oxygen atoms in total. The Morgan fingerprint density at radius 3 is 1.73 bits per heavy atom. The van der Waals surface area contributed by atoms with Crippen molar-refractivity contribution >= 4 is 75.9 Å². The van der Waals surface area contributed by atoms with Crippen molar-refractivity contribution in [3.8, 4) is 11.4 Å². The van der Waals surface area contributed by atoms with Crippen molar-refractivity contribution in [3.63, 3.8) is 0 Å². The molecule has 0 spiro atoms. The van der Waals surface area contributed by atoms with E-state index in [1.54, 1.807) is 0 Å². The SMILES string of the molecule is c1ccc2c(-n3c4ccccc4c4c3ccc3c5ccccc5n(-c5ccc6ccc7ccccc7c6c5)c34)cccc2c1. The monoisotopic (exact) mass is 558 g/mol. The van der Waals surface area contributed by atoms with E-state index < -0.39 is 0 Å². The number of fused-ring (bicyclic) bond motifs is 11. The molecule has 2 aromatic heterocycles. The van der Waals surface area contributed by atoms with Crippen molar-refractivity contribution < 1.29 is 0 Å². The smallest absolute Gasteiger partial charge is 0.0641 e. The summed E-state index contributed by atoms with van der Waals surface area (Å²) >= 11 is 0. The van der Waals surface area contributed by atoms with Gasteiger partial charge >= 0.3 is 0 Å². The molecule has 44 heavy (non-hydrogen) atoms. The third kappa shape index (κ3) is 3.14. The van der Waals surface area contributed by atoms with Gasteiger partial charge in [-0.05, 0) is 63.3 Å². The molecule has 8 aromatic carbocycles. The maximum Gasteiger partial charge on any atom is 0.0641 e. The number of hydrogen-bond acceptors (Lipinski definition) is 0. The minimum Gasteiger partial charge on any atom is -0.309 e. The van der Waals surface area contributed by atoms with E-state index in [4.69, 9.17) is 0 Å². The van der Waals surface area contributed by atoms with E-state index >= 15 is 0 Å². The van der Waals surface area contributed by atoms with Crippen LogP contribution in [0.15, 0.2) is 158 Å². The molecule has 0 aliphatic heterocycles. The lowest BCUT2D eigenvalue weighted by atomic mass is 10.0. The van der Waals surface area contributed by atoms with Crippen LogP contribution in [-0.2, 0) is 0 Å². The highest BCUT2D eigenvalue weighted by Crippen LogP contribution is 2.43. The summed E-state index contributed by atoms with van der Waals surface area (Å²) in [5, 5.41) is 12.6. The van der Waals surface area contributed by atoms with E-state index in [9.17, 15) is 0 Å². The third-order valence-corrected chi connectivity index (χ3v) is 9.47. The largest absolute Gasteiger partial charge is 0.309 e. The minimum atomic E-state index is 1.18. The maximum absolute atomic E-state index is 2.49. The topological polar surface area (TPSA) is 9.86 Å². The summed E-state index contributed by atoms with van der Waals surface area (Å²) in [5.74, 6) is 0. The second-order valence-electron chi connectivity index (χ2n) is 11.8. The van der Waals surface area contributed by atoms with Crippen LogP contribution in [0.25, 0.3) is 87.3 Å². The molecule has 204 valence electrons. The number of rotatable bonds is 2. The molecule has 0 unspecified atom stereocenters. The molecular weight excluding hydrogens is 532 g/mol. The molecule has 0 N–H and O–H groups in total. The predicted octanol–water partition coefficient (Wildman–Crippen LogP) is 11.3. The van der Waals surface area contributed by atoms with E-state index in [-0.39, 0.29) is 0 Å². The zero-order valence-corrected chi connectivity index (χ0v) is 23.9. The average Bonchev–Trinajstić information content (AvgIpc) is 3.61. The molecular formula is C42H26N2. The highest BCUT2D eigenvalue weighted by atomic mass is 15.0. The third-order valence-electron chi connectivity index (χ3n) is 9.47. The standard InChI is InChI=1S/C42H26N2/c1-3-13-31-28(11-1)20-21-29-22-23-30(26-36(29)31)43-38-17-7-5-15-33(38)34-24-25-40-41(42(34)43)35-16-6-8-18-39(35)44(40)37-19-9-12-27-10-2-4-14-32(27)37/h1-26H. The van der Waals surface area contributed by atoms with Gasteiger partial charge in [-0.25, -0.2) is 0 Å².